The minimum atomic E-state index is -1.45. The van der Waals surface area contributed by atoms with E-state index < -0.39 is 24.4 Å². The van der Waals surface area contributed by atoms with Crippen LogP contribution >= 0.6 is 0 Å². The molecule has 0 rings (SSSR count). The summed E-state index contributed by atoms with van der Waals surface area (Å²) in [5, 5.41) is 36.2. The van der Waals surface area contributed by atoms with Gasteiger partial charge in [-0.05, 0) is 0 Å². The van der Waals surface area contributed by atoms with Gasteiger partial charge in [0.25, 0.3) is 0 Å². The third-order valence-corrected chi connectivity index (χ3v) is 1.53. The standard InChI is InChI=1S/C8H14O4/c1-3-5(9)7(11)8(12)6(10)4-2/h3-12H,1-2H2/t5-,6+,7-,8-/m0/s1. The molecule has 4 heteroatoms. The van der Waals surface area contributed by atoms with Gasteiger partial charge in [0.1, 0.15) is 24.4 Å². The molecule has 0 saturated carbocycles. The number of aliphatic hydroxyl groups is 4. The van der Waals surface area contributed by atoms with Crippen molar-refractivity contribution < 1.29 is 20.4 Å². The number of aliphatic hydroxyl groups excluding tert-OH is 4. The SMILES string of the molecule is C=C[C@@H](O)[C@H](O)[C@@H](O)[C@@H](O)C=C. The van der Waals surface area contributed by atoms with E-state index in [4.69, 9.17) is 20.4 Å². The van der Waals surface area contributed by atoms with Crippen molar-refractivity contribution in [1.82, 2.24) is 0 Å². The highest BCUT2D eigenvalue weighted by Crippen LogP contribution is 2.05. The van der Waals surface area contributed by atoms with Gasteiger partial charge in [0.2, 0.25) is 0 Å². The van der Waals surface area contributed by atoms with Crippen LogP contribution in [0.25, 0.3) is 0 Å². The summed E-state index contributed by atoms with van der Waals surface area (Å²) in [7, 11) is 0. The minimum absolute atomic E-state index is 1.07. The van der Waals surface area contributed by atoms with Gasteiger partial charge in [-0.2, -0.15) is 0 Å². The highest BCUT2D eigenvalue weighted by molar-refractivity contribution is 4.95. The Kier molecular flexibility index (Phi) is 4.77. The molecular weight excluding hydrogens is 160 g/mol. The molecule has 0 aromatic rings. The monoisotopic (exact) mass is 174 g/mol. The van der Waals surface area contributed by atoms with Crippen molar-refractivity contribution in [3.63, 3.8) is 0 Å². The molecule has 0 amide bonds. The Labute approximate surface area is 71.1 Å². The molecule has 0 aliphatic carbocycles. The van der Waals surface area contributed by atoms with Gasteiger partial charge in [-0.15, -0.1) is 13.2 Å². The summed E-state index contributed by atoms with van der Waals surface area (Å²) in [6, 6.07) is 0. The first kappa shape index (κ1) is 11.3. The van der Waals surface area contributed by atoms with Gasteiger partial charge in [-0.25, -0.2) is 0 Å². The van der Waals surface area contributed by atoms with Gasteiger partial charge >= 0.3 is 0 Å². The number of rotatable bonds is 5. The first-order valence-electron chi connectivity index (χ1n) is 3.52. The van der Waals surface area contributed by atoms with Crippen LogP contribution in [0, 0.1) is 0 Å². The maximum Gasteiger partial charge on any atom is 0.112 e. The molecule has 0 aliphatic rings. The smallest absolute Gasteiger partial charge is 0.112 e. The third-order valence-electron chi connectivity index (χ3n) is 1.53. The Morgan fingerprint density at radius 2 is 1.00 bits per heavy atom. The fourth-order valence-electron chi connectivity index (χ4n) is 0.683. The molecule has 4 N–H and O–H groups in total. The maximum absolute atomic E-state index is 9.11. The van der Waals surface area contributed by atoms with Crippen LogP contribution in [0.2, 0.25) is 0 Å². The van der Waals surface area contributed by atoms with E-state index in [0.717, 1.165) is 12.2 Å². The van der Waals surface area contributed by atoms with E-state index >= 15 is 0 Å². The van der Waals surface area contributed by atoms with Crippen LogP contribution in [0.4, 0.5) is 0 Å². The number of hydrogen-bond acceptors (Lipinski definition) is 4. The molecule has 0 fully saturated rings. The molecule has 4 nitrogen and oxygen atoms in total. The Morgan fingerprint density at radius 3 is 1.17 bits per heavy atom. The quantitative estimate of drug-likeness (QED) is 0.395. The van der Waals surface area contributed by atoms with Gasteiger partial charge in [0.15, 0.2) is 0 Å². The lowest BCUT2D eigenvalue weighted by molar-refractivity contribution is -0.0798. The molecular formula is C8H14O4. The zero-order chi connectivity index (χ0) is 9.72. The van der Waals surface area contributed by atoms with Gasteiger partial charge in [0.05, 0.1) is 0 Å². The first-order chi connectivity index (χ1) is 5.54. The first-order valence-corrected chi connectivity index (χ1v) is 3.52. The van der Waals surface area contributed by atoms with Gasteiger partial charge in [-0.3, -0.25) is 0 Å². The van der Waals surface area contributed by atoms with E-state index in [-0.39, 0.29) is 0 Å². The summed E-state index contributed by atoms with van der Waals surface area (Å²) < 4.78 is 0. The normalized spacial score (nSPS) is 20.7. The van der Waals surface area contributed by atoms with Crippen molar-refractivity contribution in [3.8, 4) is 0 Å². The Morgan fingerprint density at radius 1 is 0.750 bits per heavy atom. The van der Waals surface area contributed by atoms with Gasteiger partial charge in [-0.1, -0.05) is 12.2 Å². The molecule has 0 spiro atoms. The molecule has 0 unspecified atom stereocenters. The van der Waals surface area contributed by atoms with Crippen molar-refractivity contribution in [2.45, 2.75) is 24.4 Å². The molecule has 0 aromatic heterocycles. The minimum Gasteiger partial charge on any atom is -0.387 e. The number of hydrogen-bond donors (Lipinski definition) is 4. The Hall–Kier alpha value is -0.680. The second-order valence-corrected chi connectivity index (χ2v) is 2.43. The van der Waals surface area contributed by atoms with Crippen molar-refractivity contribution in [3.05, 3.63) is 25.3 Å². The molecule has 0 aliphatic heterocycles. The largest absolute Gasteiger partial charge is 0.387 e. The Balaban J connectivity index is 4.16. The van der Waals surface area contributed by atoms with Crippen LogP contribution in [0.1, 0.15) is 0 Å². The lowest BCUT2D eigenvalue weighted by Crippen LogP contribution is -2.42. The van der Waals surface area contributed by atoms with E-state index in [2.05, 4.69) is 13.2 Å². The molecule has 0 saturated heterocycles. The van der Waals surface area contributed by atoms with E-state index in [1.165, 1.54) is 0 Å². The second kappa shape index (κ2) is 5.05. The van der Waals surface area contributed by atoms with Crippen molar-refractivity contribution in [2.24, 2.45) is 0 Å². The summed E-state index contributed by atoms with van der Waals surface area (Å²) >= 11 is 0. The average Bonchev–Trinajstić information content (AvgIpc) is 2.12. The summed E-state index contributed by atoms with van der Waals surface area (Å²) in [5.74, 6) is 0. The van der Waals surface area contributed by atoms with Gasteiger partial charge in [0, 0.05) is 0 Å². The molecule has 70 valence electrons. The van der Waals surface area contributed by atoms with E-state index in [0.29, 0.717) is 0 Å². The third kappa shape index (κ3) is 2.75. The van der Waals surface area contributed by atoms with E-state index in [1.807, 2.05) is 0 Å². The average molecular weight is 174 g/mol. The van der Waals surface area contributed by atoms with Crippen LogP contribution in [-0.4, -0.2) is 44.8 Å². The Bertz CT molecular complexity index is 139. The topological polar surface area (TPSA) is 80.9 Å². The van der Waals surface area contributed by atoms with E-state index in [1.54, 1.807) is 0 Å². The zero-order valence-corrected chi connectivity index (χ0v) is 6.67. The van der Waals surface area contributed by atoms with Crippen LogP contribution in [0.3, 0.4) is 0 Å². The molecule has 0 heterocycles. The lowest BCUT2D eigenvalue weighted by Gasteiger charge is -2.22. The van der Waals surface area contributed by atoms with Crippen LogP contribution in [0.5, 0.6) is 0 Å². The second-order valence-electron chi connectivity index (χ2n) is 2.43. The summed E-state index contributed by atoms with van der Waals surface area (Å²) in [5.41, 5.74) is 0. The highest BCUT2D eigenvalue weighted by atomic mass is 16.4. The fraction of sp³-hybridized carbons (Fsp3) is 0.500. The van der Waals surface area contributed by atoms with Crippen molar-refractivity contribution >= 4 is 0 Å². The predicted octanol–water partition coefficient (Wildman–Crippen LogP) is -1.20. The maximum atomic E-state index is 9.11. The molecule has 4 atom stereocenters. The van der Waals surface area contributed by atoms with E-state index in [9.17, 15) is 0 Å². The van der Waals surface area contributed by atoms with Crippen LogP contribution in [-0.2, 0) is 0 Å². The lowest BCUT2D eigenvalue weighted by atomic mass is 10.0. The van der Waals surface area contributed by atoms with Crippen LogP contribution < -0.4 is 0 Å². The fourth-order valence-corrected chi connectivity index (χ4v) is 0.683. The molecule has 0 bridgehead atoms. The summed E-state index contributed by atoms with van der Waals surface area (Å²) in [6.07, 6.45) is -3.26. The molecule has 0 aromatic carbocycles. The van der Waals surface area contributed by atoms with Crippen molar-refractivity contribution in [2.75, 3.05) is 0 Å². The summed E-state index contributed by atoms with van der Waals surface area (Å²) in [4.78, 5) is 0. The molecule has 0 radical (unpaired) electrons. The summed E-state index contributed by atoms with van der Waals surface area (Å²) in [6.45, 7) is 6.44. The highest BCUT2D eigenvalue weighted by Gasteiger charge is 2.26. The van der Waals surface area contributed by atoms with Gasteiger partial charge < -0.3 is 20.4 Å². The van der Waals surface area contributed by atoms with Crippen molar-refractivity contribution in [1.29, 1.82) is 0 Å². The predicted molar refractivity (Wildman–Crippen MR) is 44.4 cm³/mol. The zero-order valence-electron chi connectivity index (χ0n) is 6.67. The molecule has 12 heavy (non-hydrogen) atoms. The van der Waals surface area contributed by atoms with Crippen LogP contribution in [0.15, 0.2) is 25.3 Å².